The van der Waals surface area contributed by atoms with Gasteiger partial charge in [-0.05, 0) is 43.2 Å². The molecule has 1 aliphatic carbocycles. The van der Waals surface area contributed by atoms with Crippen LogP contribution in [-0.4, -0.2) is 17.1 Å². The Morgan fingerprint density at radius 1 is 1.15 bits per heavy atom. The maximum atomic E-state index is 13.9. The fourth-order valence-electron chi connectivity index (χ4n) is 3.10. The SMILES string of the molecule is CC1CC(C)CC(Nc2c(F)cc(C(=O)O)cc2F)C1. The topological polar surface area (TPSA) is 49.3 Å². The number of carboxylic acid groups (broad SMARTS) is 1. The van der Waals surface area contributed by atoms with Crippen LogP contribution in [0.3, 0.4) is 0 Å². The van der Waals surface area contributed by atoms with Crippen LogP contribution < -0.4 is 5.32 Å². The monoisotopic (exact) mass is 283 g/mol. The number of hydrogen-bond donors (Lipinski definition) is 2. The Morgan fingerprint density at radius 3 is 2.10 bits per heavy atom. The van der Waals surface area contributed by atoms with E-state index in [0.717, 1.165) is 31.4 Å². The predicted molar refractivity (Wildman–Crippen MR) is 72.9 cm³/mol. The van der Waals surface area contributed by atoms with Crippen LogP contribution in [-0.2, 0) is 0 Å². The Morgan fingerprint density at radius 2 is 1.65 bits per heavy atom. The third-order valence-corrected chi connectivity index (χ3v) is 3.82. The zero-order chi connectivity index (χ0) is 14.9. The molecule has 0 aromatic heterocycles. The Balaban J connectivity index is 2.19. The first-order valence-electron chi connectivity index (χ1n) is 6.85. The van der Waals surface area contributed by atoms with E-state index < -0.39 is 17.6 Å². The molecule has 0 saturated heterocycles. The average Bonchev–Trinajstić information content (AvgIpc) is 2.32. The van der Waals surface area contributed by atoms with Crippen molar-refractivity contribution in [1.82, 2.24) is 0 Å². The van der Waals surface area contributed by atoms with Crippen LogP contribution in [0, 0.1) is 23.5 Å². The summed E-state index contributed by atoms with van der Waals surface area (Å²) in [5.74, 6) is -2.02. The fraction of sp³-hybridized carbons (Fsp3) is 0.533. The smallest absolute Gasteiger partial charge is 0.335 e. The van der Waals surface area contributed by atoms with Crippen LogP contribution in [0.4, 0.5) is 14.5 Å². The first-order chi connectivity index (χ1) is 9.36. The number of aromatic carboxylic acids is 1. The molecule has 0 bridgehead atoms. The highest BCUT2D eigenvalue weighted by Gasteiger charge is 2.25. The van der Waals surface area contributed by atoms with Gasteiger partial charge < -0.3 is 10.4 Å². The molecule has 2 rings (SSSR count). The van der Waals surface area contributed by atoms with Crippen LogP contribution in [0.15, 0.2) is 12.1 Å². The quantitative estimate of drug-likeness (QED) is 0.884. The Bertz CT molecular complexity index is 486. The molecule has 0 heterocycles. The Hall–Kier alpha value is -1.65. The Kier molecular flexibility index (Phi) is 4.26. The van der Waals surface area contributed by atoms with Gasteiger partial charge in [0.2, 0.25) is 0 Å². The molecule has 3 nitrogen and oxygen atoms in total. The molecule has 1 aliphatic rings. The lowest BCUT2D eigenvalue weighted by atomic mass is 9.80. The summed E-state index contributed by atoms with van der Waals surface area (Å²) < 4.78 is 27.7. The van der Waals surface area contributed by atoms with Gasteiger partial charge in [0.05, 0.1) is 5.56 Å². The second-order valence-electron chi connectivity index (χ2n) is 5.88. The van der Waals surface area contributed by atoms with Crippen molar-refractivity contribution in [3.8, 4) is 0 Å². The number of carboxylic acids is 1. The van der Waals surface area contributed by atoms with Gasteiger partial charge in [-0.3, -0.25) is 0 Å². The molecule has 0 amide bonds. The van der Waals surface area contributed by atoms with Crippen molar-refractivity contribution in [2.24, 2.45) is 11.8 Å². The van der Waals surface area contributed by atoms with Crippen LogP contribution >= 0.6 is 0 Å². The molecule has 1 aromatic rings. The van der Waals surface area contributed by atoms with Gasteiger partial charge in [0, 0.05) is 6.04 Å². The minimum absolute atomic E-state index is 0.0217. The van der Waals surface area contributed by atoms with E-state index in [1.165, 1.54) is 0 Å². The first-order valence-corrected chi connectivity index (χ1v) is 6.85. The lowest BCUT2D eigenvalue weighted by molar-refractivity contribution is 0.0696. The van der Waals surface area contributed by atoms with Crippen LogP contribution in [0.2, 0.25) is 0 Å². The summed E-state index contributed by atoms with van der Waals surface area (Å²) in [6.45, 7) is 4.26. The number of anilines is 1. The summed E-state index contributed by atoms with van der Waals surface area (Å²) in [6, 6.07) is 1.72. The van der Waals surface area contributed by atoms with Crippen molar-refractivity contribution in [2.45, 2.75) is 39.2 Å². The molecule has 0 spiro atoms. The predicted octanol–water partition coefficient (Wildman–Crippen LogP) is 3.90. The number of rotatable bonds is 3. The molecular formula is C15H19F2NO2. The van der Waals surface area contributed by atoms with Gasteiger partial charge in [-0.25, -0.2) is 13.6 Å². The molecule has 1 fully saturated rings. The van der Waals surface area contributed by atoms with Gasteiger partial charge >= 0.3 is 5.97 Å². The number of benzene rings is 1. The third-order valence-electron chi connectivity index (χ3n) is 3.82. The van der Waals surface area contributed by atoms with Crippen molar-refractivity contribution in [2.75, 3.05) is 5.32 Å². The minimum Gasteiger partial charge on any atom is -0.478 e. The van der Waals surface area contributed by atoms with Gasteiger partial charge in [0.1, 0.15) is 17.3 Å². The zero-order valence-corrected chi connectivity index (χ0v) is 11.6. The molecule has 1 aromatic carbocycles. The largest absolute Gasteiger partial charge is 0.478 e. The molecule has 5 heteroatoms. The molecule has 110 valence electrons. The van der Waals surface area contributed by atoms with Gasteiger partial charge in [0.25, 0.3) is 0 Å². The number of hydrogen-bond acceptors (Lipinski definition) is 2. The van der Waals surface area contributed by atoms with Crippen molar-refractivity contribution < 1.29 is 18.7 Å². The molecule has 2 unspecified atom stereocenters. The van der Waals surface area contributed by atoms with Crippen LogP contribution in [0.5, 0.6) is 0 Å². The minimum atomic E-state index is -1.34. The summed E-state index contributed by atoms with van der Waals surface area (Å²) >= 11 is 0. The van der Waals surface area contributed by atoms with E-state index in [9.17, 15) is 13.6 Å². The van der Waals surface area contributed by atoms with Crippen LogP contribution in [0.25, 0.3) is 0 Å². The lowest BCUT2D eigenvalue weighted by Gasteiger charge is -2.32. The highest BCUT2D eigenvalue weighted by atomic mass is 19.1. The summed E-state index contributed by atoms with van der Waals surface area (Å²) in [5, 5.41) is 11.7. The standard InChI is InChI=1S/C15H19F2NO2/c1-8-3-9(2)5-11(4-8)18-14-12(16)6-10(15(19)20)7-13(14)17/h6-9,11,18H,3-5H2,1-2H3,(H,19,20). The summed E-state index contributed by atoms with van der Waals surface area (Å²) in [6.07, 6.45) is 2.86. The average molecular weight is 283 g/mol. The molecule has 0 radical (unpaired) electrons. The lowest BCUT2D eigenvalue weighted by Crippen LogP contribution is -2.31. The normalized spacial score (nSPS) is 26.3. The highest BCUT2D eigenvalue weighted by Crippen LogP contribution is 2.32. The first kappa shape index (κ1) is 14.8. The van der Waals surface area contributed by atoms with Crippen molar-refractivity contribution in [3.05, 3.63) is 29.3 Å². The van der Waals surface area contributed by atoms with E-state index in [1.54, 1.807) is 0 Å². The maximum Gasteiger partial charge on any atom is 0.335 e. The van der Waals surface area contributed by atoms with Gasteiger partial charge in [-0.1, -0.05) is 13.8 Å². The molecule has 0 aliphatic heterocycles. The van der Waals surface area contributed by atoms with E-state index in [-0.39, 0.29) is 17.3 Å². The van der Waals surface area contributed by atoms with Crippen molar-refractivity contribution >= 4 is 11.7 Å². The van der Waals surface area contributed by atoms with Gasteiger partial charge in [-0.2, -0.15) is 0 Å². The van der Waals surface area contributed by atoms with Gasteiger partial charge in [-0.15, -0.1) is 0 Å². The summed E-state index contributed by atoms with van der Waals surface area (Å²) in [5.41, 5.74) is -0.600. The Labute approximate surface area is 117 Å². The zero-order valence-electron chi connectivity index (χ0n) is 11.6. The number of halogens is 2. The summed E-state index contributed by atoms with van der Waals surface area (Å²) in [7, 11) is 0. The molecule has 2 atom stereocenters. The van der Waals surface area contributed by atoms with E-state index in [4.69, 9.17) is 5.11 Å². The van der Waals surface area contributed by atoms with Crippen LogP contribution in [0.1, 0.15) is 43.5 Å². The second kappa shape index (κ2) is 5.77. The fourth-order valence-corrected chi connectivity index (χ4v) is 3.10. The number of nitrogens with one attached hydrogen (secondary N) is 1. The molecule has 20 heavy (non-hydrogen) atoms. The summed E-state index contributed by atoms with van der Waals surface area (Å²) in [4.78, 5) is 10.7. The van der Waals surface area contributed by atoms with E-state index in [1.807, 2.05) is 0 Å². The molecular weight excluding hydrogens is 264 g/mol. The van der Waals surface area contributed by atoms with Crippen molar-refractivity contribution in [3.63, 3.8) is 0 Å². The van der Waals surface area contributed by atoms with Gasteiger partial charge in [0.15, 0.2) is 0 Å². The highest BCUT2D eigenvalue weighted by molar-refractivity contribution is 5.88. The van der Waals surface area contributed by atoms with E-state index >= 15 is 0 Å². The van der Waals surface area contributed by atoms with E-state index in [2.05, 4.69) is 19.2 Å². The maximum absolute atomic E-state index is 13.9. The molecule has 1 saturated carbocycles. The number of carbonyl (C=O) groups is 1. The van der Waals surface area contributed by atoms with E-state index in [0.29, 0.717) is 11.8 Å². The third kappa shape index (κ3) is 3.26. The van der Waals surface area contributed by atoms with Crippen molar-refractivity contribution in [1.29, 1.82) is 0 Å². The second-order valence-corrected chi connectivity index (χ2v) is 5.88. The molecule has 2 N–H and O–H groups in total.